The largest absolute Gasteiger partial charge is 0.381 e. The van der Waals surface area contributed by atoms with Gasteiger partial charge in [-0.2, -0.15) is 0 Å². The molecule has 0 bridgehead atoms. The second kappa shape index (κ2) is 7.46. The normalized spacial score (nSPS) is 24.8. The van der Waals surface area contributed by atoms with E-state index in [-0.39, 0.29) is 0 Å². The van der Waals surface area contributed by atoms with Gasteiger partial charge in [0.25, 0.3) is 0 Å². The zero-order chi connectivity index (χ0) is 12.8. The summed E-state index contributed by atoms with van der Waals surface area (Å²) in [4.78, 5) is 2.68. The van der Waals surface area contributed by atoms with Crippen LogP contribution in [0, 0.1) is 11.8 Å². The van der Waals surface area contributed by atoms with Gasteiger partial charge in [0.15, 0.2) is 0 Å². The summed E-state index contributed by atoms with van der Waals surface area (Å²) in [5.74, 6) is 1.59. The third-order valence-corrected chi connectivity index (χ3v) is 4.51. The van der Waals surface area contributed by atoms with Crippen molar-refractivity contribution in [3.8, 4) is 0 Å². The molecule has 0 saturated carbocycles. The van der Waals surface area contributed by atoms with Crippen LogP contribution in [-0.2, 0) is 4.74 Å². The highest BCUT2D eigenvalue weighted by Gasteiger charge is 2.24. The van der Waals surface area contributed by atoms with Crippen LogP contribution in [0.3, 0.4) is 0 Å². The predicted octanol–water partition coefficient (Wildman–Crippen LogP) is 2.12. The molecule has 3 heteroatoms. The lowest BCUT2D eigenvalue weighted by atomic mass is 9.99. The van der Waals surface area contributed by atoms with E-state index in [0.29, 0.717) is 0 Å². The minimum Gasteiger partial charge on any atom is -0.381 e. The standard InChI is InChI=1S/C15H30N2O/c1-13(2)15(17-7-3-4-8-17)12-16-11-14-5-9-18-10-6-14/h13-16H,3-12H2,1-2H3. The van der Waals surface area contributed by atoms with Crippen LogP contribution in [0.25, 0.3) is 0 Å². The molecule has 0 aliphatic carbocycles. The second-order valence-corrected chi connectivity index (χ2v) is 6.27. The van der Waals surface area contributed by atoms with E-state index in [1.54, 1.807) is 0 Å². The lowest BCUT2D eigenvalue weighted by Crippen LogP contribution is -2.45. The molecule has 2 aliphatic heterocycles. The third kappa shape index (κ3) is 4.22. The number of nitrogens with one attached hydrogen (secondary N) is 1. The van der Waals surface area contributed by atoms with Gasteiger partial charge in [-0.05, 0) is 57.2 Å². The molecular formula is C15H30N2O. The molecule has 0 radical (unpaired) electrons. The van der Waals surface area contributed by atoms with E-state index in [9.17, 15) is 0 Å². The molecule has 1 unspecified atom stereocenters. The fourth-order valence-electron chi connectivity index (χ4n) is 3.25. The van der Waals surface area contributed by atoms with E-state index in [1.807, 2.05) is 0 Å². The zero-order valence-corrected chi connectivity index (χ0v) is 12.2. The number of hydrogen-bond acceptors (Lipinski definition) is 3. The van der Waals surface area contributed by atoms with Crippen molar-refractivity contribution >= 4 is 0 Å². The fourth-order valence-corrected chi connectivity index (χ4v) is 3.25. The minimum absolute atomic E-state index is 0.729. The monoisotopic (exact) mass is 254 g/mol. The van der Waals surface area contributed by atoms with E-state index < -0.39 is 0 Å². The quantitative estimate of drug-likeness (QED) is 0.786. The minimum atomic E-state index is 0.729. The summed E-state index contributed by atoms with van der Waals surface area (Å²) >= 11 is 0. The summed E-state index contributed by atoms with van der Waals surface area (Å²) in [6.07, 6.45) is 5.26. The Morgan fingerprint density at radius 3 is 2.44 bits per heavy atom. The van der Waals surface area contributed by atoms with Gasteiger partial charge in [0, 0.05) is 25.8 Å². The Balaban J connectivity index is 1.68. The maximum atomic E-state index is 5.41. The highest BCUT2D eigenvalue weighted by Crippen LogP contribution is 2.18. The molecule has 0 spiro atoms. The first-order valence-corrected chi connectivity index (χ1v) is 7.80. The van der Waals surface area contributed by atoms with Crippen LogP contribution in [0.2, 0.25) is 0 Å². The summed E-state index contributed by atoms with van der Waals surface area (Å²) in [5, 5.41) is 3.72. The van der Waals surface area contributed by atoms with Gasteiger partial charge in [0.1, 0.15) is 0 Å². The molecule has 1 atom stereocenters. The van der Waals surface area contributed by atoms with Gasteiger partial charge in [-0.3, -0.25) is 4.90 Å². The number of likely N-dealkylation sites (tertiary alicyclic amines) is 1. The molecule has 2 heterocycles. The highest BCUT2D eigenvalue weighted by molar-refractivity contribution is 4.81. The molecule has 106 valence electrons. The summed E-state index contributed by atoms with van der Waals surface area (Å²) in [5.41, 5.74) is 0. The molecule has 3 nitrogen and oxygen atoms in total. The maximum Gasteiger partial charge on any atom is 0.0469 e. The first-order valence-electron chi connectivity index (χ1n) is 7.80. The van der Waals surface area contributed by atoms with Crippen molar-refractivity contribution in [2.24, 2.45) is 11.8 Å². The Bertz CT molecular complexity index is 221. The lowest BCUT2D eigenvalue weighted by molar-refractivity contribution is 0.0652. The maximum absolute atomic E-state index is 5.41. The molecule has 2 rings (SSSR count). The molecule has 0 aromatic carbocycles. The Kier molecular flexibility index (Phi) is 5.93. The van der Waals surface area contributed by atoms with E-state index in [0.717, 1.165) is 37.6 Å². The molecule has 0 aromatic rings. The smallest absolute Gasteiger partial charge is 0.0469 e. The van der Waals surface area contributed by atoms with Gasteiger partial charge in [0.2, 0.25) is 0 Å². The van der Waals surface area contributed by atoms with Gasteiger partial charge >= 0.3 is 0 Å². The van der Waals surface area contributed by atoms with Crippen LogP contribution in [0.1, 0.15) is 39.5 Å². The average molecular weight is 254 g/mol. The Morgan fingerprint density at radius 1 is 1.17 bits per heavy atom. The summed E-state index contributed by atoms with van der Waals surface area (Å²) < 4.78 is 5.41. The van der Waals surface area contributed by atoms with Crippen LogP contribution in [-0.4, -0.2) is 50.3 Å². The molecule has 1 N–H and O–H groups in total. The Morgan fingerprint density at radius 2 is 1.83 bits per heavy atom. The molecule has 0 amide bonds. The zero-order valence-electron chi connectivity index (χ0n) is 12.2. The van der Waals surface area contributed by atoms with Crippen molar-refractivity contribution in [3.63, 3.8) is 0 Å². The van der Waals surface area contributed by atoms with E-state index in [1.165, 1.54) is 45.3 Å². The van der Waals surface area contributed by atoms with Gasteiger partial charge in [-0.15, -0.1) is 0 Å². The number of rotatable bonds is 6. The van der Waals surface area contributed by atoms with Gasteiger partial charge in [0.05, 0.1) is 0 Å². The van der Waals surface area contributed by atoms with Gasteiger partial charge in [-0.25, -0.2) is 0 Å². The SMILES string of the molecule is CC(C)C(CNCC1CCOCC1)N1CCCC1. The predicted molar refractivity (Wildman–Crippen MR) is 75.8 cm³/mol. The van der Waals surface area contributed by atoms with Crippen molar-refractivity contribution in [1.82, 2.24) is 10.2 Å². The summed E-state index contributed by atoms with van der Waals surface area (Å²) in [6.45, 7) is 11.6. The van der Waals surface area contributed by atoms with Crippen LogP contribution in [0.5, 0.6) is 0 Å². The summed E-state index contributed by atoms with van der Waals surface area (Å²) in [7, 11) is 0. The van der Waals surface area contributed by atoms with Crippen LogP contribution < -0.4 is 5.32 Å². The lowest BCUT2D eigenvalue weighted by Gasteiger charge is -2.32. The number of hydrogen-bond donors (Lipinski definition) is 1. The fraction of sp³-hybridized carbons (Fsp3) is 1.00. The van der Waals surface area contributed by atoms with Crippen molar-refractivity contribution in [2.45, 2.75) is 45.6 Å². The number of nitrogens with zero attached hydrogens (tertiary/aromatic N) is 1. The first kappa shape index (κ1) is 14.3. The molecule has 18 heavy (non-hydrogen) atoms. The van der Waals surface area contributed by atoms with Crippen molar-refractivity contribution in [3.05, 3.63) is 0 Å². The molecule has 0 aromatic heterocycles. The summed E-state index contributed by atoms with van der Waals surface area (Å²) in [6, 6.07) is 0.729. The van der Waals surface area contributed by atoms with Crippen molar-refractivity contribution in [2.75, 3.05) is 39.4 Å². The first-order chi connectivity index (χ1) is 8.77. The van der Waals surface area contributed by atoms with Gasteiger partial charge < -0.3 is 10.1 Å². The molecule has 2 saturated heterocycles. The Labute approximate surface area is 112 Å². The van der Waals surface area contributed by atoms with Crippen LogP contribution in [0.15, 0.2) is 0 Å². The van der Waals surface area contributed by atoms with Crippen molar-refractivity contribution in [1.29, 1.82) is 0 Å². The number of ether oxygens (including phenoxy) is 1. The average Bonchev–Trinajstić information content (AvgIpc) is 2.89. The highest BCUT2D eigenvalue weighted by atomic mass is 16.5. The molecule has 2 fully saturated rings. The van der Waals surface area contributed by atoms with Crippen LogP contribution >= 0.6 is 0 Å². The topological polar surface area (TPSA) is 24.5 Å². The Hall–Kier alpha value is -0.120. The third-order valence-electron chi connectivity index (χ3n) is 4.51. The molecule has 2 aliphatic rings. The van der Waals surface area contributed by atoms with Crippen molar-refractivity contribution < 1.29 is 4.74 Å². The molecular weight excluding hydrogens is 224 g/mol. The van der Waals surface area contributed by atoms with E-state index >= 15 is 0 Å². The van der Waals surface area contributed by atoms with Crippen LogP contribution in [0.4, 0.5) is 0 Å². The van der Waals surface area contributed by atoms with E-state index in [2.05, 4.69) is 24.1 Å². The van der Waals surface area contributed by atoms with Gasteiger partial charge in [-0.1, -0.05) is 13.8 Å². The van der Waals surface area contributed by atoms with E-state index in [4.69, 9.17) is 4.74 Å². The second-order valence-electron chi connectivity index (χ2n) is 6.27.